The SMILES string of the molecule is O=C(O)COCCNS(=O)(=O)c1ccc([N+](=O)[O-])cc1. The smallest absolute Gasteiger partial charge is 0.329 e. The van der Waals surface area contributed by atoms with E-state index >= 15 is 0 Å². The fraction of sp³-hybridized carbons (Fsp3) is 0.300. The molecule has 0 amide bonds. The molecule has 1 aromatic carbocycles. The van der Waals surface area contributed by atoms with E-state index in [1.165, 1.54) is 0 Å². The number of non-ortho nitro benzene ring substituents is 1. The van der Waals surface area contributed by atoms with E-state index < -0.39 is 27.5 Å². The molecule has 0 atom stereocenters. The molecule has 20 heavy (non-hydrogen) atoms. The van der Waals surface area contributed by atoms with E-state index in [0.717, 1.165) is 24.3 Å². The highest BCUT2D eigenvalue weighted by Crippen LogP contribution is 2.15. The second-order valence-electron chi connectivity index (χ2n) is 3.60. The zero-order valence-corrected chi connectivity index (χ0v) is 11.0. The van der Waals surface area contributed by atoms with Gasteiger partial charge >= 0.3 is 5.97 Å². The van der Waals surface area contributed by atoms with Gasteiger partial charge in [-0.2, -0.15) is 0 Å². The van der Waals surface area contributed by atoms with Crippen LogP contribution >= 0.6 is 0 Å². The molecule has 1 aromatic rings. The summed E-state index contributed by atoms with van der Waals surface area (Å²) in [7, 11) is -3.80. The molecule has 0 bridgehead atoms. The zero-order chi connectivity index (χ0) is 15.2. The van der Waals surface area contributed by atoms with Crippen molar-refractivity contribution in [3.63, 3.8) is 0 Å². The zero-order valence-electron chi connectivity index (χ0n) is 10.2. The molecule has 0 unspecified atom stereocenters. The summed E-state index contributed by atoms with van der Waals surface area (Å²) >= 11 is 0. The second kappa shape index (κ2) is 6.93. The van der Waals surface area contributed by atoms with Crippen molar-refractivity contribution in [3.05, 3.63) is 34.4 Å². The van der Waals surface area contributed by atoms with Crippen molar-refractivity contribution < 1.29 is 28.0 Å². The van der Waals surface area contributed by atoms with Gasteiger partial charge in [0.15, 0.2) is 0 Å². The van der Waals surface area contributed by atoms with E-state index in [2.05, 4.69) is 9.46 Å². The Morgan fingerprint density at radius 2 is 1.95 bits per heavy atom. The summed E-state index contributed by atoms with van der Waals surface area (Å²) in [5, 5.41) is 18.7. The van der Waals surface area contributed by atoms with Gasteiger partial charge in [-0.3, -0.25) is 10.1 Å². The summed E-state index contributed by atoms with van der Waals surface area (Å²) in [6.07, 6.45) is 0. The molecular formula is C10H12N2O7S. The summed E-state index contributed by atoms with van der Waals surface area (Å²) in [6, 6.07) is 4.38. The van der Waals surface area contributed by atoms with E-state index in [0.29, 0.717) is 0 Å². The third-order valence-electron chi connectivity index (χ3n) is 2.12. The summed E-state index contributed by atoms with van der Waals surface area (Å²) in [6.45, 7) is -0.718. The van der Waals surface area contributed by atoms with E-state index in [-0.39, 0.29) is 23.7 Å². The van der Waals surface area contributed by atoms with E-state index in [1.54, 1.807) is 0 Å². The molecule has 0 saturated heterocycles. The average Bonchev–Trinajstić information content (AvgIpc) is 2.38. The lowest BCUT2D eigenvalue weighted by atomic mass is 10.3. The van der Waals surface area contributed by atoms with Gasteiger partial charge in [0.25, 0.3) is 5.69 Å². The number of benzene rings is 1. The number of ether oxygens (including phenoxy) is 1. The number of nitrogens with zero attached hydrogens (tertiary/aromatic N) is 1. The highest BCUT2D eigenvalue weighted by atomic mass is 32.2. The number of nitrogens with one attached hydrogen (secondary N) is 1. The number of hydrogen-bond donors (Lipinski definition) is 2. The first-order valence-corrected chi connectivity index (χ1v) is 6.85. The Kier molecular flexibility index (Phi) is 5.55. The number of rotatable bonds is 8. The Morgan fingerprint density at radius 3 is 2.45 bits per heavy atom. The number of sulfonamides is 1. The van der Waals surface area contributed by atoms with Crippen LogP contribution in [0.15, 0.2) is 29.2 Å². The van der Waals surface area contributed by atoms with Crippen LogP contribution < -0.4 is 4.72 Å². The van der Waals surface area contributed by atoms with Crippen LogP contribution in [0.25, 0.3) is 0 Å². The van der Waals surface area contributed by atoms with Crippen molar-refractivity contribution in [3.8, 4) is 0 Å². The maximum atomic E-state index is 11.8. The number of nitro benzene ring substituents is 1. The topological polar surface area (TPSA) is 136 Å². The average molecular weight is 304 g/mol. The third-order valence-corrected chi connectivity index (χ3v) is 3.60. The molecule has 9 nitrogen and oxygen atoms in total. The standard InChI is InChI=1S/C10H12N2O7S/c13-10(14)7-19-6-5-11-20(17,18)9-3-1-8(2-4-9)12(15)16/h1-4,11H,5-7H2,(H,13,14). The Hall–Kier alpha value is -2.04. The summed E-state index contributed by atoms with van der Waals surface area (Å²) < 4.78 is 30.4. The van der Waals surface area contributed by atoms with E-state index in [9.17, 15) is 23.3 Å². The highest BCUT2D eigenvalue weighted by Gasteiger charge is 2.15. The first kappa shape index (κ1) is 16.0. The van der Waals surface area contributed by atoms with Gasteiger partial charge in [-0.15, -0.1) is 0 Å². The molecule has 0 radical (unpaired) electrons. The first-order valence-electron chi connectivity index (χ1n) is 5.36. The number of carbonyl (C=O) groups is 1. The molecule has 0 aromatic heterocycles. The first-order chi connectivity index (χ1) is 9.33. The van der Waals surface area contributed by atoms with Crippen LogP contribution in [0.5, 0.6) is 0 Å². The van der Waals surface area contributed by atoms with Crippen molar-refractivity contribution in [1.29, 1.82) is 0 Å². The lowest BCUT2D eigenvalue weighted by molar-refractivity contribution is -0.384. The van der Waals surface area contributed by atoms with Crippen LogP contribution in [0.1, 0.15) is 0 Å². The highest BCUT2D eigenvalue weighted by molar-refractivity contribution is 7.89. The molecule has 0 heterocycles. The van der Waals surface area contributed by atoms with Crippen LogP contribution in [0.2, 0.25) is 0 Å². The monoisotopic (exact) mass is 304 g/mol. The Morgan fingerprint density at radius 1 is 1.35 bits per heavy atom. The van der Waals surface area contributed by atoms with E-state index in [1.807, 2.05) is 0 Å². The molecule has 0 fully saturated rings. The predicted molar refractivity (Wildman–Crippen MR) is 66.7 cm³/mol. The lowest BCUT2D eigenvalue weighted by Crippen LogP contribution is -2.28. The fourth-order valence-electron chi connectivity index (χ4n) is 1.24. The lowest BCUT2D eigenvalue weighted by Gasteiger charge is -2.06. The minimum atomic E-state index is -3.80. The van der Waals surface area contributed by atoms with E-state index in [4.69, 9.17) is 5.11 Å². The Balaban J connectivity index is 2.56. The van der Waals surface area contributed by atoms with Crippen LogP contribution in [-0.4, -0.2) is 44.2 Å². The van der Waals surface area contributed by atoms with Crippen molar-refractivity contribution in [1.82, 2.24) is 4.72 Å². The summed E-state index contributed by atoms with van der Waals surface area (Å²) in [5.41, 5.74) is -0.214. The van der Waals surface area contributed by atoms with Gasteiger partial charge in [-0.1, -0.05) is 0 Å². The van der Waals surface area contributed by atoms with Crippen LogP contribution in [0.4, 0.5) is 5.69 Å². The molecule has 2 N–H and O–H groups in total. The fourth-order valence-corrected chi connectivity index (χ4v) is 2.25. The van der Waals surface area contributed by atoms with Crippen molar-refractivity contribution in [2.24, 2.45) is 0 Å². The van der Waals surface area contributed by atoms with Gasteiger partial charge in [0, 0.05) is 18.7 Å². The minimum absolute atomic E-state index is 0.0987. The van der Waals surface area contributed by atoms with Crippen LogP contribution in [0, 0.1) is 10.1 Å². The maximum absolute atomic E-state index is 11.8. The van der Waals surface area contributed by atoms with Crippen molar-refractivity contribution in [2.45, 2.75) is 4.90 Å². The van der Waals surface area contributed by atoms with Crippen molar-refractivity contribution >= 4 is 21.7 Å². The maximum Gasteiger partial charge on any atom is 0.329 e. The normalized spacial score (nSPS) is 11.2. The quantitative estimate of drug-likeness (QED) is 0.391. The minimum Gasteiger partial charge on any atom is -0.480 e. The molecule has 0 aliphatic heterocycles. The number of aliphatic carboxylic acids is 1. The molecule has 110 valence electrons. The largest absolute Gasteiger partial charge is 0.480 e. The van der Waals surface area contributed by atoms with Gasteiger partial charge in [-0.05, 0) is 12.1 Å². The van der Waals surface area contributed by atoms with Crippen LogP contribution in [-0.2, 0) is 19.6 Å². The molecule has 10 heteroatoms. The van der Waals surface area contributed by atoms with Gasteiger partial charge in [0.05, 0.1) is 16.4 Å². The Bertz CT molecular complexity index is 582. The summed E-state index contributed by atoms with van der Waals surface area (Å²) in [4.78, 5) is 19.8. The Labute approximate surface area is 114 Å². The van der Waals surface area contributed by atoms with Gasteiger partial charge in [0.2, 0.25) is 10.0 Å². The third kappa shape index (κ3) is 4.91. The van der Waals surface area contributed by atoms with Crippen LogP contribution in [0.3, 0.4) is 0 Å². The number of carboxylic acid groups (broad SMARTS) is 1. The predicted octanol–water partition coefficient (Wildman–Crippen LogP) is -0.0257. The number of nitro groups is 1. The molecule has 0 aliphatic carbocycles. The molecule has 0 saturated carbocycles. The van der Waals surface area contributed by atoms with Gasteiger partial charge in [0.1, 0.15) is 6.61 Å². The summed E-state index contributed by atoms with van der Waals surface area (Å²) in [5.74, 6) is -1.15. The number of hydrogen-bond acceptors (Lipinski definition) is 6. The molecule has 1 rings (SSSR count). The number of carboxylic acids is 1. The van der Waals surface area contributed by atoms with Crippen molar-refractivity contribution in [2.75, 3.05) is 19.8 Å². The molecular weight excluding hydrogens is 292 g/mol. The second-order valence-corrected chi connectivity index (χ2v) is 5.36. The molecule has 0 spiro atoms. The van der Waals surface area contributed by atoms with Gasteiger partial charge in [-0.25, -0.2) is 17.9 Å². The molecule has 0 aliphatic rings. The van der Waals surface area contributed by atoms with Gasteiger partial charge < -0.3 is 9.84 Å².